The van der Waals surface area contributed by atoms with Crippen LogP contribution < -0.4 is 0 Å². The lowest BCUT2D eigenvalue weighted by Crippen LogP contribution is -2.45. The molecule has 0 radical (unpaired) electrons. The van der Waals surface area contributed by atoms with E-state index in [1.54, 1.807) is 13.8 Å². The van der Waals surface area contributed by atoms with E-state index in [1.807, 2.05) is 33.5 Å². The molecule has 94 valence electrons. The molecule has 4 heteroatoms. The molecule has 0 saturated carbocycles. The molecule has 0 N–H and O–H groups in total. The Kier molecular flexibility index (Phi) is 5.07. The van der Waals surface area contributed by atoms with Crippen LogP contribution in [0.5, 0.6) is 0 Å². The Morgan fingerprint density at radius 1 is 1.19 bits per heavy atom. The van der Waals surface area contributed by atoms with Gasteiger partial charge in [0.2, 0.25) is 0 Å². The molecule has 0 saturated heterocycles. The lowest BCUT2D eigenvalue weighted by atomic mass is 9.95. The molecular formula is C12H24O3Si. The van der Waals surface area contributed by atoms with E-state index in [0.717, 1.165) is 0 Å². The van der Waals surface area contributed by atoms with Crippen LogP contribution in [-0.4, -0.2) is 25.5 Å². The van der Waals surface area contributed by atoms with Crippen molar-refractivity contribution in [2.75, 3.05) is 0 Å². The summed E-state index contributed by atoms with van der Waals surface area (Å²) >= 11 is 0. The van der Waals surface area contributed by atoms with Crippen LogP contribution in [0.4, 0.5) is 0 Å². The van der Waals surface area contributed by atoms with Gasteiger partial charge in [-0.1, -0.05) is 13.8 Å². The minimum absolute atomic E-state index is 0.0164. The number of hydrogen-bond donors (Lipinski definition) is 0. The fourth-order valence-electron chi connectivity index (χ4n) is 1.40. The van der Waals surface area contributed by atoms with Gasteiger partial charge in [-0.15, -0.1) is 0 Å². The number of rotatable bonds is 6. The molecule has 3 nitrogen and oxygen atoms in total. The maximum absolute atomic E-state index is 11.9. The SMILES string of the molecule is CC(C)C(=O)CC(=O)C(C)(C)O[Si](C)(C)C. The first-order valence-electron chi connectivity index (χ1n) is 5.72. The first-order valence-corrected chi connectivity index (χ1v) is 9.13. The average Bonchev–Trinajstić information content (AvgIpc) is 1.98. The highest BCUT2D eigenvalue weighted by Crippen LogP contribution is 2.20. The Bertz CT molecular complexity index is 274. The highest BCUT2D eigenvalue weighted by Gasteiger charge is 2.34. The van der Waals surface area contributed by atoms with E-state index in [9.17, 15) is 9.59 Å². The monoisotopic (exact) mass is 244 g/mol. The minimum Gasteiger partial charge on any atom is -0.406 e. The van der Waals surface area contributed by atoms with E-state index in [0.29, 0.717) is 0 Å². The molecule has 0 spiro atoms. The number of carbonyl (C=O) groups is 2. The van der Waals surface area contributed by atoms with Crippen LogP contribution in [0.3, 0.4) is 0 Å². The molecule has 0 aromatic heterocycles. The molecule has 16 heavy (non-hydrogen) atoms. The van der Waals surface area contributed by atoms with Gasteiger partial charge in [0.15, 0.2) is 14.1 Å². The van der Waals surface area contributed by atoms with Gasteiger partial charge < -0.3 is 4.43 Å². The van der Waals surface area contributed by atoms with Crippen LogP contribution >= 0.6 is 0 Å². The van der Waals surface area contributed by atoms with Gasteiger partial charge in [-0.25, -0.2) is 0 Å². The van der Waals surface area contributed by atoms with Crippen molar-refractivity contribution in [1.82, 2.24) is 0 Å². The summed E-state index contributed by atoms with van der Waals surface area (Å²) in [6.07, 6.45) is -0.0187. The second-order valence-electron chi connectivity index (χ2n) is 5.95. The molecule has 0 unspecified atom stereocenters. The first kappa shape index (κ1) is 15.5. The number of ketones is 2. The maximum atomic E-state index is 11.9. The van der Waals surface area contributed by atoms with Crippen molar-refractivity contribution in [3.05, 3.63) is 0 Å². The van der Waals surface area contributed by atoms with Gasteiger partial charge in [0, 0.05) is 5.92 Å². The quantitative estimate of drug-likeness (QED) is 0.533. The van der Waals surface area contributed by atoms with Gasteiger partial charge in [0.25, 0.3) is 0 Å². The van der Waals surface area contributed by atoms with Crippen LogP contribution in [0.2, 0.25) is 19.6 Å². The normalized spacial score (nSPS) is 13.0. The zero-order valence-corrected chi connectivity index (χ0v) is 12.5. The molecule has 0 aliphatic carbocycles. The number of carbonyl (C=O) groups excluding carboxylic acids is 2. The molecule has 0 bridgehead atoms. The van der Waals surface area contributed by atoms with E-state index >= 15 is 0 Å². The molecule has 0 fully saturated rings. The first-order chi connectivity index (χ1) is 6.96. The fraction of sp³-hybridized carbons (Fsp3) is 0.833. The van der Waals surface area contributed by atoms with Crippen molar-refractivity contribution < 1.29 is 14.0 Å². The maximum Gasteiger partial charge on any atom is 0.185 e. The Morgan fingerprint density at radius 3 is 1.94 bits per heavy atom. The largest absolute Gasteiger partial charge is 0.406 e. The van der Waals surface area contributed by atoms with E-state index in [4.69, 9.17) is 4.43 Å². The Labute approximate surface area is 99.7 Å². The molecule has 0 aliphatic rings. The number of hydrogen-bond acceptors (Lipinski definition) is 3. The Balaban J connectivity index is 4.53. The van der Waals surface area contributed by atoms with Crippen LogP contribution in [-0.2, 0) is 14.0 Å². The van der Waals surface area contributed by atoms with Gasteiger partial charge in [-0.3, -0.25) is 9.59 Å². The van der Waals surface area contributed by atoms with Gasteiger partial charge in [-0.2, -0.15) is 0 Å². The van der Waals surface area contributed by atoms with Crippen molar-refractivity contribution in [3.63, 3.8) is 0 Å². The van der Waals surface area contributed by atoms with Crippen molar-refractivity contribution in [2.24, 2.45) is 5.92 Å². The van der Waals surface area contributed by atoms with Crippen LogP contribution in [0.1, 0.15) is 34.1 Å². The lowest BCUT2D eigenvalue weighted by molar-refractivity contribution is -0.137. The summed E-state index contributed by atoms with van der Waals surface area (Å²) in [5, 5.41) is 0. The highest BCUT2D eigenvalue weighted by molar-refractivity contribution is 6.70. The summed E-state index contributed by atoms with van der Waals surface area (Å²) in [5.74, 6) is -0.225. The van der Waals surface area contributed by atoms with E-state index in [-0.39, 0.29) is 23.9 Å². The summed E-state index contributed by atoms with van der Waals surface area (Å²) in [7, 11) is -1.77. The molecule has 0 aliphatic heterocycles. The number of Topliss-reactive ketones (excluding diaryl/α,β-unsaturated/α-hetero) is 2. The summed E-state index contributed by atoms with van der Waals surface area (Å²) in [6.45, 7) is 13.2. The molecule has 0 aromatic carbocycles. The van der Waals surface area contributed by atoms with E-state index in [2.05, 4.69) is 0 Å². The predicted molar refractivity (Wildman–Crippen MR) is 68.0 cm³/mol. The van der Waals surface area contributed by atoms with Crippen molar-refractivity contribution in [2.45, 2.75) is 59.4 Å². The van der Waals surface area contributed by atoms with Crippen LogP contribution in [0, 0.1) is 5.92 Å². The third kappa shape index (κ3) is 5.56. The highest BCUT2D eigenvalue weighted by atomic mass is 28.4. The van der Waals surface area contributed by atoms with Gasteiger partial charge in [-0.05, 0) is 33.5 Å². The summed E-state index contributed by atoms with van der Waals surface area (Å²) < 4.78 is 5.80. The van der Waals surface area contributed by atoms with Gasteiger partial charge >= 0.3 is 0 Å². The summed E-state index contributed by atoms with van der Waals surface area (Å²) in [5.41, 5.74) is -0.838. The third-order valence-corrected chi connectivity index (χ3v) is 3.33. The second-order valence-corrected chi connectivity index (χ2v) is 10.4. The third-order valence-electron chi connectivity index (χ3n) is 2.21. The molecule has 0 atom stereocenters. The van der Waals surface area contributed by atoms with Crippen LogP contribution in [0.25, 0.3) is 0 Å². The zero-order chi connectivity index (χ0) is 13.1. The topological polar surface area (TPSA) is 43.4 Å². The molecule has 0 rings (SSSR count). The lowest BCUT2D eigenvalue weighted by Gasteiger charge is -2.31. The molecule has 0 amide bonds. The molecular weight excluding hydrogens is 220 g/mol. The predicted octanol–water partition coefficient (Wildman–Crippen LogP) is 2.80. The smallest absolute Gasteiger partial charge is 0.185 e. The summed E-state index contributed by atoms with van der Waals surface area (Å²) in [6, 6.07) is 0. The van der Waals surface area contributed by atoms with E-state index in [1.165, 1.54) is 0 Å². The summed E-state index contributed by atoms with van der Waals surface area (Å²) in [4.78, 5) is 23.4. The Morgan fingerprint density at radius 2 is 1.62 bits per heavy atom. The molecule has 0 heterocycles. The van der Waals surface area contributed by atoms with Crippen LogP contribution in [0.15, 0.2) is 0 Å². The van der Waals surface area contributed by atoms with E-state index < -0.39 is 13.9 Å². The van der Waals surface area contributed by atoms with Gasteiger partial charge in [0.1, 0.15) is 11.4 Å². The Hall–Kier alpha value is -0.483. The van der Waals surface area contributed by atoms with Crippen molar-refractivity contribution in [1.29, 1.82) is 0 Å². The van der Waals surface area contributed by atoms with Crippen molar-refractivity contribution >= 4 is 19.9 Å². The second kappa shape index (κ2) is 5.23. The standard InChI is InChI=1S/C12H24O3Si/c1-9(2)10(13)8-11(14)12(3,4)15-16(5,6)7/h9H,8H2,1-7H3. The average molecular weight is 244 g/mol. The van der Waals surface area contributed by atoms with Gasteiger partial charge in [0.05, 0.1) is 6.42 Å². The minimum atomic E-state index is -1.77. The van der Waals surface area contributed by atoms with Crippen molar-refractivity contribution in [3.8, 4) is 0 Å². The fourth-order valence-corrected chi connectivity index (χ4v) is 3.04. The molecule has 0 aromatic rings. The zero-order valence-electron chi connectivity index (χ0n) is 11.5.